The van der Waals surface area contributed by atoms with Gasteiger partial charge in [-0.3, -0.25) is 0 Å². The second kappa shape index (κ2) is 5.71. The van der Waals surface area contributed by atoms with E-state index in [2.05, 4.69) is 13.8 Å². The van der Waals surface area contributed by atoms with Crippen LogP contribution in [0.2, 0.25) is 0 Å². The van der Waals surface area contributed by atoms with Crippen molar-refractivity contribution in [3.8, 4) is 0 Å². The standard InChI is InChI=1S/C13H22N2O2S/c1-10(2)8-11(3)15(4)18(16,17)13-7-5-6-12(14)9-13/h5-7,9-11H,8,14H2,1-4H3. The normalized spacial score (nSPS) is 14.1. The molecule has 0 heterocycles. The van der Waals surface area contributed by atoms with Crippen molar-refractivity contribution in [2.75, 3.05) is 12.8 Å². The lowest BCUT2D eigenvalue weighted by Crippen LogP contribution is -2.35. The first-order chi connectivity index (χ1) is 8.25. The fraction of sp³-hybridized carbons (Fsp3) is 0.538. The van der Waals surface area contributed by atoms with Crippen LogP contribution in [0.4, 0.5) is 5.69 Å². The molecule has 18 heavy (non-hydrogen) atoms. The SMILES string of the molecule is CC(C)CC(C)N(C)S(=O)(=O)c1cccc(N)c1. The number of nitrogens with two attached hydrogens (primary N) is 1. The van der Waals surface area contributed by atoms with Gasteiger partial charge in [0, 0.05) is 18.8 Å². The molecule has 5 heteroatoms. The van der Waals surface area contributed by atoms with Crippen molar-refractivity contribution in [2.45, 2.75) is 38.1 Å². The molecule has 1 unspecified atom stereocenters. The zero-order valence-corrected chi connectivity index (χ0v) is 12.2. The zero-order chi connectivity index (χ0) is 13.9. The Bertz CT molecular complexity index is 497. The van der Waals surface area contributed by atoms with Crippen molar-refractivity contribution >= 4 is 15.7 Å². The van der Waals surface area contributed by atoms with Gasteiger partial charge in [0.15, 0.2) is 0 Å². The minimum atomic E-state index is -3.45. The molecule has 0 radical (unpaired) electrons. The van der Waals surface area contributed by atoms with Gasteiger partial charge in [-0.2, -0.15) is 4.31 Å². The molecule has 0 saturated heterocycles. The maximum atomic E-state index is 12.4. The van der Waals surface area contributed by atoms with E-state index in [1.54, 1.807) is 25.2 Å². The summed E-state index contributed by atoms with van der Waals surface area (Å²) in [6, 6.07) is 6.37. The number of hydrogen-bond donors (Lipinski definition) is 1. The van der Waals surface area contributed by atoms with Crippen LogP contribution >= 0.6 is 0 Å². The van der Waals surface area contributed by atoms with Gasteiger partial charge in [-0.15, -0.1) is 0 Å². The topological polar surface area (TPSA) is 63.4 Å². The molecule has 102 valence electrons. The molecule has 1 rings (SSSR count). The Morgan fingerprint density at radius 2 is 1.89 bits per heavy atom. The minimum absolute atomic E-state index is 0.0311. The fourth-order valence-electron chi connectivity index (χ4n) is 1.91. The van der Waals surface area contributed by atoms with Crippen LogP contribution in [0.1, 0.15) is 27.2 Å². The van der Waals surface area contributed by atoms with Gasteiger partial charge in [0.2, 0.25) is 10.0 Å². The van der Waals surface area contributed by atoms with E-state index in [4.69, 9.17) is 5.73 Å². The predicted octanol–water partition coefficient (Wildman–Crippen LogP) is 2.32. The summed E-state index contributed by atoms with van der Waals surface area (Å²) in [5, 5.41) is 0. The molecule has 0 aliphatic carbocycles. The van der Waals surface area contributed by atoms with E-state index in [0.717, 1.165) is 6.42 Å². The van der Waals surface area contributed by atoms with Crippen molar-refractivity contribution in [1.29, 1.82) is 0 Å². The molecule has 4 nitrogen and oxygen atoms in total. The van der Waals surface area contributed by atoms with Gasteiger partial charge in [-0.1, -0.05) is 19.9 Å². The summed E-state index contributed by atoms with van der Waals surface area (Å²) in [7, 11) is -1.84. The highest BCUT2D eigenvalue weighted by atomic mass is 32.2. The third kappa shape index (κ3) is 3.46. The van der Waals surface area contributed by atoms with Crippen LogP contribution in [-0.4, -0.2) is 25.8 Å². The van der Waals surface area contributed by atoms with E-state index in [1.807, 2.05) is 6.92 Å². The van der Waals surface area contributed by atoms with Gasteiger partial charge in [0.1, 0.15) is 0 Å². The van der Waals surface area contributed by atoms with Gasteiger partial charge in [-0.05, 0) is 37.5 Å². The second-order valence-corrected chi connectivity index (χ2v) is 7.07. The lowest BCUT2D eigenvalue weighted by atomic mass is 10.1. The second-order valence-electron chi connectivity index (χ2n) is 5.07. The number of sulfonamides is 1. The number of nitrogens with zero attached hydrogens (tertiary/aromatic N) is 1. The summed E-state index contributed by atoms with van der Waals surface area (Å²) in [4.78, 5) is 0.251. The van der Waals surface area contributed by atoms with Crippen LogP contribution in [0.3, 0.4) is 0 Å². The van der Waals surface area contributed by atoms with E-state index >= 15 is 0 Å². The van der Waals surface area contributed by atoms with Gasteiger partial charge < -0.3 is 5.73 Å². The van der Waals surface area contributed by atoms with Crippen molar-refractivity contribution in [2.24, 2.45) is 5.92 Å². The molecule has 2 N–H and O–H groups in total. The third-order valence-corrected chi connectivity index (χ3v) is 4.94. The zero-order valence-electron chi connectivity index (χ0n) is 11.4. The largest absolute Gasteiger partial charge is 0.399 e. The van der Waals surface area contributed by atoms with Gasteiger partial charge in [0.05, 0.1) is 4.90 Å². The molecule has 1 aromatic rings. The van der Waals surface area contributed by atoms with Crippen LogP contribution in [0.5, 0.6) is 0 Å². The summed E-state index contributed by atoms with van der Waals surface area (Å²) in [5.74, 6) is 0.457. The van der Waals surface area contributed by atoms with Crippen molar-refractivity contribution in [3.63, 3.8) is 0 Å². The Balaban J connectivity index is 3.00. The number of anilines is 1. The average Bonchev–Trinajstić information content (AvgIpc) is 2.27. The first-order valence-corrected chi connectivity index (χ1v) is 7.52. The highest BCUT2D eigenvalue weighted by Gasteiger charge is 2.25. The van der Waals surface area contributed by atoms with Crippen LogP contribution in [0.25, 0.3) is 0 Å². The van der Waals surface area contributed by atoms with Crippen molar-refractivity contribution < 1.29 is 8.42 Å². The highest BCUT2D eigenvalue weighted by Crippen LogP contribution is 2.21. The molecule has 1 atom stereocenters. The Labute approximate surface area is 110 Å². The van der Waals surface area contributed by atoms with Crippen LogP contribution in [0.15, 0.2) is 29.2 Å². The lowest BCUT2D eigenvalue weighted by Gasteiger charge is -2.25. The Hall–Kier alpha value is -1.07. The molecule has 1 aromatic carbocycles. The van der Waals surface area contributed by atoms with E-state index in [-0.39, 0.29) is 10.9 Å². The third-order valence-electron chi connectivity index (χ3n) is 2.97. The molecular formula is C13H22N2O2S. The summed E-state index contributed by atoms with van der Waals surface area (Å²) in [6.45, 7) is 6.08. The summed E-state index contributed by atoms with van der Waals surface area (Å²) < 4.78 is 26.2. The lowest BCUT2D eigenvalue weighted by molar-refractivity contribution is 0.338. The fourth-order valence-corrected chi connectivity index (χ4v) is 3.34. The number of benzene rings is 1. The Morgan fingerprint density at radius 1 is 1.28 bits per heavy atom. The quantitative estimate of drug-likeness (QED) is 0.835. The molecule has 0 saturated carbocycles. The minimum Gasteiger partial charge on any atom is -0.399 e. The molecule has 0 aliphatic heterocycles. The molecule has 0 aromatic heterocycles. The highest BCUT2D eigenvalue weighted by molar-refractivity contribution is 7.89. The van der Waals surface area contributed by atoms with Gasteiger partial charge >= 0.3 is 0 Å². The molecule has 0 bridgehead atoms. The van der Waals surface area contributed by atoms with Crippen LogP contribution < -0.4 is 5.73 Å². The van der Waals surface area contributed by atoms with E-state index in [0.29, 0.717) is 11.6 Å². The Morgan fingerprint density at radius 3 is 2.39 bits per heavy atom. The number of rotatable bonds is 5. The Kier molecular flexibility index (Phi) is 4.76. The maximum Gasteiger partial charge on any atom is 0.243 e. The van der Waals surface area contributed by atoms with Crippen LogP contribution in [0, 0.1) is 5.92 Å². The van der Waals surface area contributed by atoms with E-state index in [9.17, 15) is 8.42 Å². The molecule has 0 spiro atoms. The summed E-state index contributed by atoms with van der Waals surface area (Å²) in [6.07, 6.45) is 0.831. The van der Waals surface area contributed by atoms with Gasteiger partial charge in [0.25, 0.3) is 0 Å². The molecule has 0 amide bonds. The molecule has 0 fully saturated rings. The monoisotopic (exact) mass is 270 g/mol. The maximum absolute atomic E-state index is 12.4. The van der Waals surface area contributed by atoms with Crippen molar-refractivity contribution in [1.82, 2.24) is 4.31 Å². The number of hydrogen-bond acceptors (Lipinski definition) is 3. The van der Waals surface area contributed by atoms with Crippen molar-refractivity contribution in [3.05, 3.63) is 24.3 Å². The first kappa shape index (κ1) is 15.0. The first-order valence-electron chi connectivity index (χ1n) is 6.08. The van der Waals surface area contributed by atoms with Gasteiger partial charge in [-0.25, -0.2) is 8.42 Å². The summed E-state index contributed by atoms with van der Waals surface area (Å²) >= 11 is 0. The molecular weight excluding hydrogens is 248 g/mol. The van der Waals surface area contributed by atoms with E-state index in [1.165, 1.54) is 10.4 Å². The molecule has 0 aliphatic rings. The summed E-state index contributed by atoms with van der Waals surface area (Å²) in [5.41, 5.74) is 6.09. The average molecular weight is 270 g/mol. The number of nitrogen functional groups attached to an aromatic ring is 1. The van der Waals surface area contributed by atoms with E-state index < -0.39 is 10.0 Å². The van der Waals surface area contributed by atoms with Crippen LogP contribution in [-0.2, 0) is 10.0 Å². The smallest absolute Gasteiger partial charge is 0.243 e. The predicted molar refractivity (Wildman–Crippen MR) is 74.7 cm³/mol.